The van der Waals surface area contributed by atoms with E-state index in [1.807, 2.05) is 21.1 Å². The average molecular weight is 932 g/mol. The van der Waals surface area contributed by atoms with Gasteiger partial charge in [0.1, 0.15) is 6.54 Å². The van der Waals surface area contributed by atoms with E-state index in [-0.39, 0.29) is 255 Å². The Bertz CT molecular complexity index is 237. The molecule has 0 amide bonds. The summed E-state index contributed by atoms with van der Waals surface area (Å²) < 4.78 is 5.39. The number of likely N-dealkylation sites (N-methyl/N-ethyl adjacent to an activating group) is 1. The van der Waals surface area contributed by atoms with Crippen molar-refractivity contribution in [3.63, 3.8) is 0 Å². The van der Waals surface area contributed by atoms with Crippen molar-refractivity contribution in [1.82, 2.24) is 0 Å². The van der Waals surface area contributed by atoms with Crippen molar-refractivity contribution in [2.75, 3.05) is 27.7 Å². The molecule has 25 heteroatoms. The molecule has 0 aromatic heterocycles. The minimum absolute atomic E-state index is 0. The molecule has 0 heterocycles. The zero-order valence-electron chi connectivity index (χ0n) is 17.2. The fourth-order valence-corrected chi connectivity index (χ4v) is 1.17. The summed E-state index contributed by atoms with van der Waals surface area (Å²) in [5.41, 5.74) is 0. The molecule has 0 aliphatic carbocycles. The first-order valence-corrected chi connectivity index (χ1v) is 4.38. The number of halogens is 20. The number of aliphatic carboxylic acids is 1. The molecule has 0 saturated carbocycles. The summed E-state index contributed by atoms with van der Waals surface area (Å²) in [4.78, 5) is 21.0. The fourth-order valence-electron chi connectivity index (χ4n) is 1.17. The van der Waals surface area contributed by atoms with Crippen LogP contribution in [0.4, 0.5) is 0 Å². The highest BCUT2D eigenvalue weighted by Gasteiger charge is 2.20. The number of hydrogen-bond donors (Lipinski definition) is 0. The molecular formula is C9H37Cl20NO4. The van der Waals surface area contributed by atoms with Gasteiger partial charge in [0.15, 0.2) is 6.10 Å². The van der Waals surface area contributed by atoms with E-state index in [1.54, 1.807) is 0 Å². The van der Waals surface area contributed by atoms with Crippen molar-refractivity contribution in [3.05, 3.63) is 0 Å². The molecule has 34 heavy (non-hydrogen) atoms. The molecule has 0 aromatic carbocycles. The van der Waals surface area contributed by atoms with Crippen LogP contribution in [0.1, 0.15) is 13.3 Å². The van der Waals surface area contributed by atoms with Crippen molar-refractivity contribution in [2.45, 2.75) is 19.4 Å². The zero-order valence-corrected chi connectivity index (χ0v) is 33.6. The highest BCUT2D eigenvalue weighted by Crippen LogP contribution is 2.04. The van der Waals surface area contributed by atoms with Gasteiger partial charge in [0.2, 0.25) is 0 Å². The number of hydrogen-bond acceptors (Lipinski definition) is 4. The summed E-state index contributed by atoms with van der Waals surface area (Å²) in [6, 6.07) is 0. The number of esters is 1. The Kier molecular flexibility index (Phi) is 509. The predicted molar refractivity (Wildman–Crippen MR) is 193 cm³/mol. The summed E-state index contributed by atoms with van der Waals surface area (Å²) in [7, 11) is 5.68. The minimum Gasteiger partial charge on any atom is -0.550 e. The number of carbonyl (C=O) groups is 2. The maximum atomic E-state index is 10.7. The van der Waals surface area contributed by atoms with Crippen molar-refractivity contribution in [3.8, 4) is 0 Å². The van der Waals surface area contributed by atoms with Gasteiger partial charge in [-0.25, -0.2) is 0 Å². The molecule has 0 radical (unpaired) electrons. The molecule has 1 unspecified atom stereocenters. The van der Waals surface area contributed by atoms with Crippen LogP contribution >= 0.6 is 248 Å². The lowest BCUT2D eigenvalue weighted by Gasteiger charge is -2.28. The van der Waals surface area contributed by atoms with E-state index in [0.29, 0.717) is 11.0 Å². The van der Waals surface area contributed by atoms with Crippen LogP contribution in [0.15, 0.2) is 0 Å². The number of carbonyl (C=O) groups excluding carboxylic acids is 2. The number of ether oxygens (including phenoxy) is 1. The monoisotopic (exact) mass is 923 g/mol. The van der Waals surface area contributed by atoms with Gasteiger partial charge in [0.05, 0.1) is 21.1 Å². The highest BCUT2D eigenvalue weighted by atomic mass is 35.5. The van der Waals surface area contributed by atoms with Crippen LogP contribution in [-0.2, 0) is 14.3 Å². The molecule has 0 bridgehead atoms. The standard InChI is InChI=1S/C9H17NO4.20ClH/c1-7(11)14-8(5-9(12)13)6-10(2,3)4;;;;;;;;;;;;;;;;;;;;/h8H,5-6H2,1-4H3;20*1H. The van der Waals surface area contributed by atoms with Gasteiger partial charge >= 0.3 is 5.97 Å². The molecule has 0 aliphatic rings. The second kappa shape index (κ2) is 98.5. The van der Waals surface area contributed by atoms with Gasteiger partial charge in [-0.3, -0.25) is 4.79 Å². The summed E-state index contributed by atoms with van der Waals surface area (Å²) in [5.74, 6) is -1.67. The Labute approximate surface area is 327 Å². The molecule has 0 aromatic rings. The Hall–Kier alpha value is 4.70. The summed E-state index contributed by atoms with van der Waals surface area (Å²) in [6.45, 7) is 1.71. The van der Waals surface area contributed by atoms with Gasteiger partial charge in [-0.1, -0.05) is 0 Å². The zero-order chi connectivity index (χ0) is 11.4. The molecule has 242 valence electrons. The second-order valence-electron chi connectivity index (χ2n) is 4.28. The normalized spacial score (nSPS) is 5.53. The first kappa shape index (κ1) is 176. The predicted octanol–water partition coefficient (Wildman–Crippen LogP) is 7.20. The number of nitrogens with zero attached hydrogens (tertiary/aromatic N) is 1. The SMILES string of the molecule is CC(=O)OC(CC(=O)[O-])C[N+](C)(C)C.Cl.Cl.Cl.Cl.Cl.Cl.Cl.Cl.Cl.Cl.Cl.Cl.Cl.Cl.Cl.Cl.Cl.Cl.Cl.Cl. The van der Waals surface area contributed by atoms with Crippen LogP contribution in [0.2, 0.25) is 0 Å². The first-order chi connectivity index (χ1) is 6.20. The number of carboxylic acid groups (broad SMARTS) is 1. The summed E-state index contributed by atoms with van der Waals surface area (Å²) in [5, 5.41) is 10.4. The summed E-state index contributed by atoms with van der Waals surface area (Å²) in [6.07, 6.45) is -0.868. The molecule has 5 nitrogen and oxygen atoms in total. The lowest BCUT2D eigenvalue weighted by atomic mass is 10.2. The Morgan fingerprint density at radius 2 is 0.794 bits per heavy atom. The van der Waals surface area contributed by atoms with Gasteiger partial charge in [-0.15, -0.1) is 248 Å². The smallest absolute Gasteiger partial charge is 0.303 e. The van der Waals surface area contributed by atoms with Gasteiger partial charge in [0.25, 0.3) is 0 Å². The molecule has 0 N–H and O–H groups in total. The maximum absolute atomic E-state index is 10.7. The molecule has 0 saturated heterocycles. The third kappa shape index (κ3) is 149. The minimum atomic E-state index is -1.20. The van der Waals surface area contributed by atoms with Crippen LogP contribution < -0.4 is 5.11 Å². The summed E-state index contributed by atoms with van der Waals surface area (Å²) >= 11 is 0. The number of quaternary nitrogens is 1. The third-order valence-corrected chi connectivity index (χ3v) is 1.48. The van der Waals surface area contributed by atoms with Crippen molar-refractivity contribution in [1.29, 1.82) is 0 Å². The van der Waals surface area contributed by atoms with E-state index >= 15 is 0 Å². The van der Waals surface area contributed by atoms with E-state index < -0.39 is 18.0 Å². The number of rotatable bonds is 5. The van der Waals surface area contributed by atoms with E-state index in [9.17, 15) is 14.7 Å². The Morgan fingerprint density at radius 3 is 0.912 bits per heavy atom. The third-order valence-electron chi connectivity index (χ3n) is 1.48. The van der Waals surface area contributed by atoms with Crippen LogP contribution in [-0.4, -0.2) is 50.2 Å². The topological polar surface area (TPSA) is 66.4 Å². The van der Waals surface area contributed by atoms with E-state index in [4.69, 9.17) is 4.74 Å². The Morgan fingerprint density at radius 1 is 0.588 bits per heavy atom. The van der Waals surface area contributed by atoms with Crippen molar-refractivity contribution >= 4 is 260 Å². The molecule has 0 spiro atoms. The second-order valence-corrected chi connectivity index (χ2v) is 4.28. The molecule has 0 aliphatic heterocycles. The van der Waals surface area contributed by atoms with Gasteiger partial charge < -0.3 is 19.1 Å². The lowest BCUT2D eigenvalue weighted by molar-refractivity contribution is -0.873. The lowest BCUT2D eigenvalue weighted by Crippen LogP contribution is -2.45. The van der Waals surface area contributed by atoms with Crippen molar-refractivity contribution in [2.24, 2.45) is 0 Å². The molecular weight excluding hydrogens is 895 g/mol. The molecule has 0 rings (SSSR count). The van der Waals surface area contributed by atoms with Crippen LogP contribution in [0.25, 0.3) is 0 Å². The van der Waals surface area contributed by atoms with Crippen LogP contribution in [0.3, 0.4) is 0 Å². The average Bonchev–Trinajstić information content (AvgIpc) is 1.77. The van der Waals surface area contributed by atoms with Crippen molar-refractivity contribution < 1.29 is 23.9 Å². The van der Waals surface area contributed by atoms with E-state index in [1.165, 1.54) is 6.92 Å². The fraction of sp³-hybridized carbons (Fsp3) is 0.778. The van der Waals surface area contributed by atoms with Crippen LogP contribution in [0, 0.1) is 0 Å². The largest absolute Gasteiger partial charge is 0.550 e. The molecule has 1 atom stereocenters. The first-order valence-electron chi connectivity index (χ1n) is 4.38. The number of carboxylic acids is 1. The van der Waals surface area contributed by atoms with Gasteiger partial charge in [-0.05, 0) is 0 Å². The van der Waals surface area contributed by atoms with Crippen LogP contribution in [0.5, 0.6) is 0 Å². The van der Waals surface area contributed by atoms with E-state index in [0.717, 1.165) is 0 Å². The van der Waals surface area contributed by atoms with Gasteiger partial charge in [-0.2, -0.15) is 0 Å². The Balaban J connectivity index is -0.00000000445. The molecule has 0 fully saturated rings. The van der Waals surface area contributed by atoms with Gasteiger partial charge in [0, 0.05) is 19.3 Å². The quantitative estimate of drug-likeness (QED) is 0.216. The highest BCUT2D eigenvalue weighted by molar-refractivity contribution is 5.87. The van der Waals surface area contributed by atoms with E-state index in [2.05, 4.69) is 0 Å². The maximum Gasteiger partial charge on any atom is 0.303 e.